The van der Waals surface area contributed by atoms with E-state index in [-0.39, 0.29) is 0 Å². The summed E-state index contributed by atoms with van der Waals surface area (Å²) in [6, 6.07) is 0. The van der Waals surface area contributed by atoms with E-state index in [2.05, 4.69) is 19.1 Å². The fraction of sp³-hybridized carbons (Fsp3) is 0.800. The molecular weight excluding hydrogens is 228 g/mol. The van der Waals surface area contributed by atoms with E-state index in [0.717, 1.165) is 32.5 Å². The lowest BCUT2D eigenvalue weighted by molar-refractivity contribution is -0.137. The highest BCUT2D eigenvalue weighted by atomic mass is 16.5. The summed E-state index contributed by atoms with van der Waals surface area (Å²) in [5, 5.41) is 8.49. The Morgan fingerprint density at radius 3 is 2.33 bits per heavy atom. The van der Waals surface area contributed by atoms with Gasteiger partial charge < -0.3 is 9.84 Å². The fourth-order valence-electron chi connectivity index (χ4n) is 2.13. The molecule has 1 aliphatic rings. The van der Waals surface area contributed by atoms with Gasteiger partial charge in [0.25, 0.3) is 0 Å². The van der Waals surface area contributed by atoms with Gasteiger partial charge in [0.15, 0.2) is 0 Å². The van der Waals surface area contributed by atoms with E-state index in [1.165, 1.54) is 25.7 Å². The zero-order valence-corrected chi connectivity index (χ0v) is 11.5. The Balaban J connectivity index is 1.82. The lowest BCUT2D eigenvalue weighted by atomic mass is 9.88. The Bertz CT molecular complexity index is 267. The fourth-order valence-corrected chi connectivity index (χ4v) is 2.13. The summed E-state index contributed by atoms with van der Waals surface area (Å²) >= 11 is 0. The third kappa shape index (κ3) is 6.80. The molecule has 0 amide bonds. The summed E-state index contributed by atoms with van der Waals surface area (Å²) in [6.45, 7) is 3.97. The van der Waals surface area contributed by atoms with Gasteiger partial charge >= 0.3 is 5.97 Å². The molecule has 104 valence electrons. The van der Waals surface area contributed by atoms with Crippen molar-refractivity contribution in [2.24, 2.45) is 5.41 Å². The quantitative estimate of drug-likeness (QED) is 0.476. The van der Waals surface area contributed by atoms with Crippen molar-refractivity contribution in [1.82, 2.24) is 0 Å². The number of carbonyl (C=O) groups is 1. The van der Waals surface area contributed by atoms with Gasteiger partial charge in [-0.1, -0.05) is 44.8 Å². The van der Waals surface area contributed by atoms with Crippen molar-refractivity contribution in [1.29, 1.82) is 0 Å². The molecule has 0 aliphatic carbocycles. The minimum atomic E-state index is -0.673. The Labute approximate surface area is 110 Å². The molecule has 0 aromatic heterocycles. The molecule has 1 saturated heterocycles. The summed E-state index contributed by atoms with van der Waals surface area (Å²) in [7, 11) is 0. The molecule has 0 saturated carbocycles. The van der Waals surface area contributed by atoms with E-state index < -0.39 is 5.97 Å². The highest BCUT2D eigenvalue weighted by Gasteiger charge is 2.29. The number of hydrogen-bond donors (Lipinski definition) is 1. The zero-order valence-electron chi connectivity index (χ0n) is 11.5. The Morgan fingerprint density at radius 1 is 1.17 bits per heavy atom. The van der Waals surface area contributed by atoms with Crippen LogP contribution in [-0.2, 0) is 9.53 Å². The Hall–Kier alpha value is -0.830. The molecule has 3 nitrogen and oxygen atoms in total. The highest BCUT2D eigenvalue weighted by Crippen LogP contribution is 2.28. The van der Waals surface area contributed by atoms with Crippen molar-refractivity contribution in [2.75, 3.05) is 13.2 Å². The van der Waals surface area contributed by atoms with Crippen molar-refractivity contribution in [3.05, 3.63) is 12.2 Å². The maximum Gasteiger partial charge on any atom is 0.303 e. The van der Waals surface area contributed by atoms with Crippen LogP contribution in [0.5, 0.6) is 0 Å². The van der Waals surface area contributed by atoms with E-state index in [1.54, 1.807) is 0 Å². The second-order valence-corrected chi connectivity index (χ2v) is 5.60. The van der Waals surface area contributed by atoms with Crippen molar-refractivity contribution in [3.8, 4) is 0 Å². The van der Waals surface area contributed by atoms with Gasteiger partial charge in [-0.2, -0.15) is 0 Å². The first-order chi connectivity index (χ1) is 8.62. The monoisotopic (exact) mass is 254 g/mol. The first-order valence-corrected chi connectivity index (χ1v) is 7.10. The van der Waals surface area contributed by atoms with E-state index in [1.807, 2.05) is 0 Å². The maximum absolute atomic E-state index is 10.3. The first kappa shape index (κ1) is 15.2. The van der Waals surface area contributed by atoms with Gasteiger partial charge in [0.2, 0.25) is 0 Å². The maximum atomic E-state index is 10.3. The van der Waals surface area contributed by atoms with Crippen molar-refractivity contribution in [2.45, 2.75) is 58.3 Å². The molecule has 0 aromatic carbocycles. The average Bonchev–Trinajstić information content (AvgIpc) is 2.29. The lowest BCUT2D eigenvalue weighted by Crippen LogP contribution is -2.37. The lowest BCUT2D eigenvalue weighted by Gasteiger charge is -2.35. The van der Waals surface area contributed by atoms with Crippen LogP contribution in [0.4, 0.5) is 0 Å². The van der Waals surface area contributed by atoms with Crippen LogP contribution < -0.4 is 0 Å². The number of rotatable bonds is 10. The molecule has 3 heteroatoms. The first-order valence-electron chi connectivity index (χ1n) is 7.10. The predicted octanol–water partition coefficient (Wildman–Crippen LogP) is 3.78. The van der Waals surface area contributed by atoms with Crippen LogP contribution in [0.2, 0.25) is 0 Å². The smallest absolute Gasteiger partial charge is 0.303 e. The summed E-state index contributed by atoms with van der Waals surface area (Å²) < 4.78 is 5.19. The van der Waals surface area contributed by atoms with Gasteiger partial charge in [-0.25, -0.2) is 0 Å². The molecule has 1 rings (SSSR count). The van der Waals surface area contributed by atoms with Crippen LogP contribution in [0, 0.1) is 5.41 Å². The standard InChI is InChI=1S/C15H26O3/c1-15(12-18-13-15)11-9-7-5-3-2-4-6-8-10-14(16)17/h9,11H,2-8,10,12-13H2,1H3,(H,16,17). The molecule has 0 aromatic rings. The summed E-state index contributed by atoms with van der Waals surface area (Å²) in [5.74, 6) is -0.673. The second kappa shape index (κ2) is 8.30. The number of allylic oxidation sites excluding steroid dienone is 1. The average molecular weight is 254 g/mol. The molecule has 18 heavy (non-hydrogen) atoms. The second-order valence-electron chi connectivity index (χ2n) is 5.60. The van der Waals surface area contributed by atoms with Gasteiger partial charge in [0, 0.05) is 11.8 Å². The number of unbranched alkanes of at least 4 members (excludes halogenated alkanes) is 6. The van der Waals surface area contributed by atoms with Crippen molar-refractivity contribution < 1.29 is 14.6 Å². The SMILES string of the molecule is CC1(C=CCCCCCCCCC(=O)O)COC1. The summed E-state index contributed by atoms with van der Waals surface area (Å²) in [4.78, 5) is 10.3. The van der Waals surface area contributed by atoms with Gasteiger partial charge in [-0.15, -0.1) is 0 Å². The Morgan fingerprint density at radius 2 is 1.78 bits per heavy atom. The molecule has 1 heterocycles. The van der Waals surface area contributed by atoms with Gasteiger partial charge in [-0.3, -0.25) is 4.79 Å². The van der Waals surface area contributed by atoms with Crippen LogP contribution in [0.1, 0.15) is 58.3 Å². The van der Waals surface area contributed by atoms with Crippen molar-refractivity contribution >= 4 is 5.97 Å². The van der Waals surface area contributed by atoms with Crippen LogP contribution in [0.25, 0.3) is 0 Å². The van der Waals surface area contributed by atoms with E-state index >= 15 is 0 Å². The zero-order chi connectivity index (χ0) is 13.3. The predicted molar refractivity (Wildman–Crippen MR) is 72.6 cm³/mol. The molecule has 0 unspecified atom stereocenters. The normalized spacial score (nSPS) is 17.8. The molecule has 0 spiro atoms. The van der Waals surface area contributed by atoms with Crippen LogP contribution in [0.15, 0.2) is 12.2 Å². The third-order valence-electron chi connectivity index (χ3n) is 3.40. The van der Waals surface area contributed by atoms with E-state index in [9.17, 15) is 4.79 Å². The number of carboxylic acids is 1. The summed E-state index contributed by atoms with van der Waals surface area (Å²) in [6.07, 6.45) is 12.8. The molecule has 0 atom stereocenters. The summed E-state index contributed by atoms with van der Waals surface area (Å²) in [5.41, 5.74) is 0.302. The highest BCUT2D eigenvalue weighted by molar-refractivity contribution is 5.66. The largest absolute Gasteiger partial charge is 0.481 e. The van der Waals surface area contributed by atoms with Crippen LogP contribution in [-0.4, -0.2) is 24.3 Å². The van der Waals surface area contributed by atoms with Gasteiger partial charge in [0.1, 0.15) is 0 Å². The minimum absolute atomic E-state index is 0.302. The van der Waals surface area contributed by atoms with Gasteiger partial charge in [0.05, 0.1) is 13.2 Å². The molecule has 0 bridgehead atoms. The van der Waals surface area contributed by atoms with E-state index in [4.69, 9.17) is 9.84 Å². The molecule has 1 aliphatic heterocycles. The third-order valence-corrected chi connectivity index (χ3v) is 3.40. The number of carboxylic acid groups (broad SMARTS) is 1. The van der Waals surface area contributed by atoms with Crippen LogP contribution in [0.3, 0.4) is 0 Å². The molecule has 0 radical (unpaired) electrons. The Kier molecular flexibility index (Phi) is 7.02. The number of ether oxygens (including phenoxy) is 1. The molecule has 1 N–H and O–H groups in total. The van der Waals surface area contributed by atoms with Crippen molar-refractivity contribution in [3.63, 3.8) is 0 Å². The van der Waals surface area contributed by atoms with Crippen LogP contribution >= 0.6 is 0 Å². The number of hydrogen-bond acceptors (Lipinski definition) is 2. The van der Waals surface area contributed by atoms with E-state index in [0.29, 0.717) is 11.8 Å². The van der Waals surface area contributed by atoms with Gasteiger partial charge in [-0.05, 0) is 19.3 Å². The topological polar surface area (TPSA) is 46.5 Å². The molecular formula is C15H26O3. The molecule has 1 fully saturated rings. The number of aliphatic carboxylic acids is 1. The minimum Gasteiger partial charge on any atom is -0.481 e.